The second-order valence-electron chi connectivity index (χ2n) is 7.14. The average Bonchev–Trinajstić information content (AvgIpc) is 3.33. The van der Waals surface area contributed by atoms with Gasteiger partial charge in [-0.05, 0) is 45.0 Å². The van der Waals surface area contributed by atoms with Gasteiger partial charge >= 0.3 is 0 Å². The Balaban J connectivity index is 1.93. The normalized spacial score (nSPS) is 15.8. The van der Waals surface area contributed by atoms with Crippen LogP contribution in [0.3, 0.4) is 0 Å². The van der Waals surface area contributed by atoms with Crippen molar-refractivity contribution in [1.29, 1.82) is 5.26 Å². The van der Waals surface area contributed by atoms with Crippen LogP contribution in [0.15, 0.2) is 75.0 Å². The van der Waals surface area contributed by atoms with E-state index in [-0.39, 0.29) is 17.6 Å². The number of benzene rings is 1. The summed E-state index contributed by atoms with van der Waals surface area (Å²) in [5.74, 6) is -0.312. The van der Waals surface area contributed by atoms with E-state index in [1.807, 2.05) is 32.0 Å². The number of anilines is 1. The summed E-state index contributed by atoms with van der Waals surface area (Å²) in [5.41, 5.74) is 2.01. The van der Waals surface area contributed by atoms with Crippen LogP contribution in [0.4, 0.5) is 5.69 Å². The molecule has 0 unspecified atom stereocenters. The minimum atomic E-state index is -0.675. The Morgan fingerprint density at radius 3 is 2.50 bits per heavy atom. The maximum Gasteiger partial charge on any atom is 0.254 e. The number of dihydropyridines is 1. The minimum Gasteiger partial charge on any atom is -0.468 e. The molecule has 0 spiro atoms. The van der Waals surface area contributed by atoms with Crippen molar-refractivity contribution in [2.45, 2.75) is 26.7 Å². The molecule has 1 aromatic heterocycles. The van der Waals surface area contributed by atoms with Gasteiger partial charge in [0.15, 0.2) is 0 Å². The summed E-state index contributed by atoms with van der Waals surface area (Å²) in [6.07, 6.45) is 1.52. The van der Waals surface area contributed by atoms with Gasteiger partial charge in [0.05, 0.1) is 40.2 Å². The zero-order chi connectivity index (χ0) is 23.1. The van der Waals surface area contributed by atoms with Crippen LogP contribution in [0.25, 0.3) is 0 Å². The van der Waals surface area contributed by atoms with Crippen molar-refractivity contribution in [2.75, 3.05) is 24.2 Å². The lowest BCUT2D eigenvalue weighted by Crippen LogP contribution is -2.33. The van der Waals surface area contributed by atoms with Crippen LogP contribution in [0.2, 0.25) is 0 Å². The molecule has 2 heterocycles. The fourth-order valence-electron chi connectivity index (χ4n) is 3.59. The smallest absolute Gasteiger partial charge is 0.254 e. The maximum absolute atomic E-state index is 13.2. The van der Waals surface area contributed by atoms with Gasteiger partial charge in [-0.1, -0.05) is 30.0 Å². The Morgan fingerprint density at radius 2 is 1.91 bits per heavy atom. The minimum absolute atomic E-state index is 0.00427. The Morgan fingerprint density at radius 1 is 1.19 bits per heavy atom. The highest BCUT2D eigenvalue weighted by molar-refractivity contribution is 8.03. The first-order valence-electron chi connectivity index (χ1n) is 10.4. The summed E-state index contributed by atoms with van der Waals surface area (Å²) in [6.45, 7) is 6.91. The first kappa shape index (κ1) is 23.2. The molecule has 7 nitrogen and oxygen atoms in total. The third-order valence-electron chi connectivity index (χ3n) is 5.21. The number of nitrogens with zero attached hydrogens (tertiary/aromatic N) is 2. The molecule has 1 aromatic carbocycles. The average molecular weight is 451 g/mol. The molecule has 0 bridgehead atoms. The quantitative estimate of drug-likeness (QED) is 0.625. The van der Waals surface area contributed by atoms with Crippen molar-refractivity contribution in [3.63, 3.8) is 0 Å². The monoisotopic (exact) mass is 450 g/mol. The lowest BCUT2D eigenvalue weighted by Gasteiger charge is -2.28. The topological polar surface area (TPSA) is 98.4 Å². The highest BCUT2D eigenvalue weighted by Crippen LogP contribution is 2.41. The molecular weight excluding hydrogens is 424 g/mol. The Bertz CT molecular complexity index is 1060. The van der Waals surface area contributed by atoms with E-state index >= 15 is 0 Å². The number of allylic oxidation sites excluding steroid dienone is 2. The largest absolute Gasteiger partial charge is 0.468 e. The van der Waals surface area contributed by atoms with Gasteiger partial charge in [0, 0.05) is 24.5 Å². The molecule has 2 N–H and O–H groups in total. The number of hydrogen-bond acceptors (Lipinski definition) is 6. The number of rotatable bonds is 8. The fraction of sp³-hybridized carbons (Fsp3) is 0.292. The first-order valence-corrected chi connectivity index (χ1v) is 11.4. The van der Waals surface area contributed by atoms with Crippen LogP contribution in [0, 0.1) is 11.3 Å². The molecule has 32 heavy (non-hydrogen) atoms. The Hall–Kier alpha value is -3.44. The van der Waals surface area contributed by atoms with E-state index in [1.54, 1.807) is 36.1 Å². The van der Waals surface area contributed by atoms with E-state index in [9.17, 15) is 14.9 Å². The molecule has 1 atom stereocenters. The predicted molar refractivity (Wildman–Crippen MR) is 125 cm³/mol. The number of amides is 2. The molecule has 1 aliphatic heterocycles. The van der Waals surface area contributed by atoms with Crippen molar-refractivity contribution < 1.29 is 14.0 Å². The van der Waals surface area contributed by atoms with Crippen LogP contribution in [0.5, 0.6) is 0 Å². The van der Waals surface area contributed by atoms with Crippen LogP contribution in [-0.4, -0.2) is 35.6 Å². The molecule has 8 heteroatoms. The van der Waals surface area contributed by atoms with E-state index in [1.165, 1.54) is 18.0 Å². The summed E-state index contributed by atoms with van der Waals surface area (Å²) in [4.78, 5) is 27.5. The number of nitriles is 1. The van der Waals surface area contributed by atoms with Gasteiger partial charge in [0.25, 0.3) is 5.91 Å². The summed E-state index contributed by atoms with van der Waals surface area (Å²) >= 11 is 1.27. The molecule has 0 aliphatic carbocycles. The van der Waals surface area contributed by atoms with Crippen LogP contribution in [-0.2, 0) is 9.59 Å². The summed E-state index contributed by atoms with van der Waals surface area (Å²) in [6, 6.07) is 14.9. The highest BCUT2D eigenvalue weighted by Gasteiger charge is 2.36. The molecule has 166 valence electrons. The second-order valence-corrected chi connectivity index (χ2v) is 8.13. The van der Waals surface area contributed by atoms with Gasteiger partial charge in [-0.3, -0.25) is 9.59 Å². The van der Waals surface area contributed by atoms with E-state index in [0.717, 1.165) is 0 Å². The molecule has 2 amide bonds. The fourth-order valence-corrected chi connectivity index (χ4v) is 4.58. The zero-order valence-corrected chi connectivity index (χ0v) is 19.2. The molecule has 0 saturated carbocycles. The molecule has 3 rings (SSSR count). The lowest BCUT2D eigenvalue weighted by atomic mass is 9.85. The van der Waals surface area contributed by atoms with Gasteiger partial charge in [0.2, 0.25) is 5.91 Å². The van der Waals surface area contributed by atoms with Crippen molar-refractivity contribution >= 4 is 29.3 Å². The zero-order valence-electron chi connectivity index (χ0n) is 18.3. The van der Waals surface area contributed by atoms with Crippen LogP contribution < -0.4 is 10.6 Å². The molecule has 1 aliphatic rings. The number of nitrogens with one attached hydrogen (secondary N) is 2. The molecular formula is C24H26N4O3S. The van der Waals surface area contributed by atoms with Crippen molar-refractivity contribution in [2.24, 2.45) is 0 Å². The molecule has 2 aromatic rings. The standard InChI is InChI=1S/C24H26N4O3S/c1-4-28(5-2)20(29)15-32-24-18(14-25)22(19-12-9-13-31-19)21(16(3)26-24)23(30)27-17-10-7-6-8-11-17/h6-13,22,26H,4-5,15H2,1-3H3,(H,27,30)/t22-/m1/s1. The number of carbonyl (C=O) groups is 2. The number of hydrogen-bond donors (Lipinski definition) is 2. The van der Waals surface area contributed by atoms with Crippen molar-refractivity contribution in [1.82, 2.24) is 10.2 Å². The van der Waals surface area contributed by atoms with Gasteiger partial charge in [-0.15, -0.1) is 0 Å². The Kier molecular flexibility index (Phi) is 7.79. The molecule has 0 radical (unpaired) electrons. The third kappa shape index (κ3) is 5.06. The van der Waals surface area contributed by atoms with E-state index in [0.29, 0.717) is 46.4 Å². The summed E-state index contributed by atoms with van der Waals surface area (Å²) < 4.78 is 5.62. The van der Waals surface area contributed by atoms with Crippen LogP contribution >= 0.6 is 11.8 Å². The van der Waals surface area contributed by atoms with Gasteiger partial charge in [0.1, 0.15) is 5.76 Å². The third-order valence-corrected chi connectivity index (χ3v) is 6.21. The summed E-state index contributed by atoms with van der Waals surface area (Å²) in [7, 11) is 0. The number of para-hydroxylation sites is 1. The first-order chi connectivity index (χ1) is 15.5. The Labute approximate surface area is 192 Å². The van der Waals surface area contributed by atoms with Crippen LogP contribution in [0.1, 0.15) is 32.4 Å². The summed E-state index contributed by atoms with van der Waals surface area (Å²) in [5, 5.41) is 16.7. The lowest BCUT2D eigenvalue weighted by molar-refractivity contribution is -0.128. The van der Waals surface area contributed by atoms with Crippen molar-refractivity contribution in [3.8, 4) is 6.07 Å². The van der Waals surface area contributed by atoms with E-state index in [2.05, 4.69) is 16.7 Å². The second kappa shape index (κ2) is 10.7. The van der Waals surface area contributed by atoms with Gasteiger partial charge < -0.3 is 20.0 Å². The highest BCUT2D eigenvalue weighted by atomic mass is 32.2. The number of furan rings is 1. The number of carbonyl (C=O) groups excluding carboxylic acids is 2. The molecule has 0 fully saturated rings. The predicted octanol–water partition coefficient (Wildman–Crippen LogP) is 4.22. The maximum atomic E-state index is 13.2. The van der Waals surface area contributed by atoms with Crippen molar-refractivity contribution in [3.05, 3.63) is 76.4 Å². The van der Waals surface area contributed by atoms with E-state index < -0.39 is 5.92 Å². The SMILES string of the molecule is CCN(CC)C(=O)CSC1=C(C#N)[C@H](c2ccco2)C(C(=O)Nc2ccccc2)=C(C)N1. The van der Waals surface area contributed by atoms with E-state index in [4.69, 9.17) is 4.42 Å². The van der Waals surface area contributed by atoms with Gasteiger partial charge in [-0.2, -0.15) is 5.26 Å². The number of thioether (sulfide) groups is 1. The molecule has 0 saturated heterocycles. The van der Waals surface area contributed by atoms with Gasteiger partial charge in [-0.25, -0.2) is 0 Å².